The summed E-state index contributed by atoms with van der Waals surface area (Å²) in [6.45, 7) is 12.7. The fraction of sp³-hybridized carbons (Fsp3) is 0.909. The van der Waals surface area contributed by atoms with Crippen LogP contribution in [0, 0.1) is 17.3 Å². The summed E-state index contributed by atoms with van der Waals surface area (Å²) in [7, 11) is 0. The molecule has 0 radical (unpaired) electrons. The molecule has 0 aliphatic rings. The van der Waals surface area contributed by atoms with Crippen LogP contribution in [-0.4, -0.2) is 12.6 Å². The molecular formula is C11H22O2. The highest BCUT2D eigenvalue weighted by Crippen LogP contribution is 2.32. The first-order valence-corrected chi connectivity index (χ1v) is 4.97. The molecule has 13 heavy (non-hydrogen) atoms. The normalized spacial score (nSPS) is 14.4. The second-order valence-electron chi connectivity index (χ2n) is 4.84. The van der Waals surface area contributed by atoms with Gasteiger partial charge in [0.2, 0.25) is 0 Å². The molecule has 0 N–H and O–H groups in total. The van der Waals surface area contributed by atoms with Gasteiger partial charge < -0.3 is 4.74 Å². The number of ether oxygens (including phenoxy) is 1. The molecule has 0 aromatic carbocycles. The van der Waals surface area contributed by atoms with Crippen LogP contribution in [0.15, 0.2) is 0 Å². The van der Waals surface area contributed by atoms with E-state index in [2.05, 4.69) is 34.6 Å². The largest absolute Gasteiger partial charge is 0.466 e. The minimum Gasteiger partial charge on any atom is -0.466 e. The maximum atomic E-state index is 11.6. The van der Waals surface area contributed by atoms with E-state index in [4.69, 9.17) is 4.74 Å². The topological polar surface area (TPSA) is 26.3 Å². The van der Waals surface area contributed by atoms with Crippen LogP contribution in [0.1, 0.15) is 41.5 Å². The van der Waals surface area contributed by atoms with E-state index in [0.29, 0.717) is 12.5 Å². The molecule has 2 heteroatoms. The molecule has 0 saturated carbocycles. The first kappa shape index (κ1) is 12.5. The molecule has 0 bridgehead atoms. The van der Waals surface area contributed by atoms with Gasteiger partial charge in [0.1, 0.15) is 0 Å². The van der Waals surface area contributed by atoms with Crippen molar-refractivity contribution in [1.82, 2.24) is 0 Å². The standard InChI is InChI=1S/C11H22O2/c1-7-13-10(12)9(8(2)3)11(4,5)6/h8-9H,7H2,1-6H3/t9-/m1/s1. The lowest BCUT2D eigenvalue weighted by Gasteiger charge is -2.31. The van der Waals surface area contributed by atoms with Crippen LogP contribution >= 0.6 is 0 Å². The summed E-state index contributed by atoms with van der Waals surface area (Å²) in [6, 6.07) is 0. The zero-order chi connectivity index (χ0) is 10.6. The van der Waals surface area contributed by atoms with Crippen molar-refractivity contribution < 1.29 is 9.53 Å². The minimum absolute atomic E-state index is 0.00699. The number of carbonyl (C=O) groups excluding carboxylic acids is 1. The maximum absolute atomic E-state index is 11.6. The van der Waals surface area contributed by atoms with E-state index in [0.717, 1.165) is 0 Å². The van der Waals surface area contributed by atoms with E-state index in [9.17, 15) is 4.79 Å². The summed E-state index contributed by atoms with van der Waals surface area (Å²) in [4.78, 5) is 11.6. The molecule has 0 aliphatic carbocycles. The summed E-state index contributed by atoms with van der Waals surface area (Å²) >= 11 is 0. The minimum atomic E-state index is -0.0648. The summed E-state index contributed by atoms with van der Waals surface area (Å²) in [5.41, 5.74) is -0.0135. The van der Waals surface area contributed by atoms with Gasteiger partial charge in [-0.1, -0.05) is 34.6 Å². The highest BCUT2D eigenvalue weighted by molar-refractivity contribution is 5.73. The van der Waals surface area contributed by atoms with Crippen LogP contribution < -0.4 is 0 Å². The highest BCUT2D eigenvalue weighted by atomic mass is 16.5. The Hall–Kier alpha value is -0.530. The van der Waals surface area contributed by atoms with Crippen molar-refractivity contribution in [3.05, 3.63) is 0 Å². The molecule has 0 aromatic rings. The quantitative estimate of drug-likeness (QED) is 0.633. The second kappa shape index (κ2) is 4.64. The number of esters is 1. The molecule has 2 nitrogen and oxygen atoms in total. The average Bonchev–Trinajstić information content (AvgIpc) is 1.82. The summed E-state index contributed by atoms with van der Waals surface area (Å²) in [5.74, 6) is 0.261. The van der Waals surface area contributed by atoms with Gasteiger partial charge in [-0.25, -0.2) is 0 Å². The van der Waals surface area contributed by atoms with Crippen LogP contribution in [0.4, 0.5) is 0 Å². The van der Waals surface area contributed by atoms with Gasteiger partial charge in [-0.2, -0.15) is 0 Å². The van der Waals surface area contributed by atoms with Crippen LogP contribution in [0.5, 0.6) is 0 Å². The molecule has 1 atom stereocenters. The van der Waals surface area contributed by atoms with Crippen LogP contribution in [0.3, 0.4) is 0 Å². The molecule has 0 saturated heterocycles. The smallest absolute Gasteiger partial charge is 0.309 e. The molecule has 0 aliphatic heterocycles. The predicted octanol–water partition coefficient (Wildman–Crippen LogP) is 2.87. The fourth-order valence-electron chi connectivity index (χ4n) is 1.86. The molecule has 0 unspecified atom stereocenters. The Labute approximate surface area is 81.7 Å². The molecule has 0 amide bonds. The van der Waals surface area contributed by atoms with E-state index >= 15 is 0 Å². The highest BCUT2D eigenvalue weighted by Gasteiger charge is 2.34. The Kier molecular flexibility index (Phi) is 4.45. The molecule has 0 aromatic heterocycles. The molecule has 0 fully saturated rings. The lowest BCUT2D eigenvalue weighted by atomic mass is 9.74. The Morgan fingerprint density at radius 3 is 2.00 bits per heavy atom. The van der Waals surface area contributed by atoms with Gasteiger partial charge in [-0.15, -0.1) is 0 Å². The van der Waals surface area contributed by atoms with Crippen molar-refractivity contribution in [1.29, 1.82) is 0 Å². The van der Waals surface area contributed by atoms with E-state index in [1.165, 1.54) is 0 Å². The predicted molar refractivity (Wildman–Crippen MR) is 54.4 cm³/mol. The number of carbonyl (C=O) groups is 1. The Bertz CT molecular complexity index is 165. The van der Waals surface area contributed by atoms with Crippen molar-refractivity contribution >= 4 is 5.97 Å². The SMILES string of the molecule is CCOC(=O)[C@@H](C(C)C)C(C)(C)C. The maximum Gasteiger partial charge on any atom is 0.309 e. The first-order valence-electron chi connectivity index (χ1n) is 4.97. The number of rotatable bonds is 3. The van der Waals surface area contributed by atoms with Gasteiger partial charge >= 0.3 is 5.97 Å². The van der Waals surface area contributed by atoms with Crippen LogP contribution in [0.2, 0.25) is 0 Å². The van der Waals surface area contributed by atoms with Gasteiger partial charge in [0, 0.05) is 0 Å². The van der Waals surface area contributed by atoms with E-state index < -0.39 is 0 Å². The van der Waals surface area contributed by atoms with Crippen molar-refractivity contribution in [2.75, 3.05) is 6.61 Å². The zero-order valence-corrected chi connectivity index (χ0v) is 9.68. The lowest BCUT2D eigenvalue weighted by Crippen LogP contribution is -2.34. The van der Waals surface area contributed by atoms with Gasteiger partial charge in [0.25, 0.3) is 0 Å². The van der Waals surface area contributed by atoms with Crippen molar-refractivity contribution in [3.63, 3.8) is 0 Å². The first-order chi connectivity index (χ1) is 5.80. The van der Waals surface area contributed by atoms with E-state index in [1.54, 1.807) is 0 Å². The summed E-state index contributed by atoms with van der Waals surface area (Å²) < 4.78 is 5.05. The summed E-state index contributed by atoms with van der Waals surface area (Å²) in [6.07, 6.45) is 0. The van der Waals surface area contributed by atoms with E-state index in [1.807, 2.05) is 6.92 Å². The third kappa shape index (κ3) is 3.79. The zero-order valence-electron chi connectivity index (χ0n) is 9.68. The third-order valence-corrected chi connectivity index (χ3v) is 2.14. The fourth-order valence-corrected chi connectivity index (χ4v) is 1.86. The van der Waals surface area contributed by atoms with Gasteiger partial charge in [0.05, 0.1) is 12.5 Å². The van der Waals surface area contributed by atoms with Gasteiger partial charge in [0.15, 0.2) is 0 Å². The van der Waals surface area contributed by atoms with Gasteiger partial charge in [-0.05, 0) is 18.3 Å². The number of hydrogen-bond acceptors (Lipinski definition) is 2. The molecule has 78 valence electrons. The molecule has 0 spiro atoms. The van der Waals surface area contributed by atoms with Crippen molar-refractivity contribution in [2.45, 2.75) is 41.5 Å². The Morgan fingerprint density at radius 2 is 1.77 bits per heavy atom. The van der Waals surface area contributed by atoms with E-state index in [-0.39, 0.29) is 17.3 Å². The molecule has 0 rings (SSSR count). The Balaban J connectivity index is 4.52. The lowest BCUT2D eigenvalue weighted by molar-refractivity contribution is -0.154. The van der Waals surface area contributed by atoms with Crippen molar-refractivity contribution in [3.8, 4) is 0 Å². The second-order valence-corrected chi connectivity index (χ2v) is 4.84. The number of hydrogen-bond donors (Lipinski definition) is 0. The van der Waals surface area contributed by atoms with Crippen molar-refractivity contribution in [2.24, 2.45) is 17.3 Å². The summed E-state index contributed by atoms with van der Waals surface area (Å²) in [5, 5.41) is 0. The average molecular weight is 186 g/mol. The molecule has 0 heterocycles. The molecular weight excluding hydrogens is 164 g/mol. The van der Waals surface area contributed by atoms with Gasteiger partial charge in [-0.3, -0.25) is 4.79 Å². The van der Waals surface area contributed by atoms with Crippen LogP contribution in [-0.2, 0) is 9.53 Å². The monoisotopic (exact) mass is 186 g/mol. The third-order valence-electron chi connectivity index (χ3n) is 2.14. The Morgan fingerprint density at radius 1 is 1.31 bits per heavy atom. The van der Waals surface area contributed by atoms with Crippen LogP contribution in [0.25, 0.3) is 0 Å².